The Kier molecular flexibility index (Phi) is 5.30. The van der Waals surface area contributed by atoms with Crippen LogP contribution in [-0.2, 0) is 0 Å². The summed E-state index contributed by atoms with van der Waals surface area (Å²) in [5.74, 6) is 0. The molecule has 0 fully saturated rings. The molecule has 4 heterocycles. The number of benzene rings is 6. The van der Waals surface area contributed by atoms with Crippen LogP contribution >= 0.6 is 45.3 Å². The van der Waals surface area contributed by atoms with E-state index in [0.717, 1.165) is 0 Å². The third-order valence-electron chi connectivity index (χ3n) is 9.10. The number of fused-ring (bicyclic) bond motifs is 11. The van der Waals surface area contributed by atoms with Crippen LogP contribution in [0.2, 0.25) is 0 Å². The maximum absolute atomic E-state index is 2.45. The molecule has 0 bridgehead atoms. The standard InChI is InChI=1S/C40H24S4/c1-21-13-33-31(19-27(21)23-9-5-3-6-10-23)39-37(41-33)29-15-25-18-36-30(16-26(25)17-35(29)43-39)38-40(44-36)32-20-28(22(2)14-34(32)42-38)24-11-7-4-8-12-24/h3-20H,1-2H3. The van der Waals surface area contributed by atoms with E-state index in [1.807, 2.05) is 45.3 Å². The first-order valence-electron chi connectivity index (χ1n) is 14.8. The van der Waals surface area contributed by atoms with Crippen LogP contribution in [0.3, 0.4) is 0 Å². The summed E-state index contributed by atoms with van der Waals surface area (Å²) in [5, 5.41) is 8.23. The lowest BCUT2D eigenvalue weighted by Gasteiger charge is -2.06. The van der Waals surface area contributed by atoms with Crippen LogP contribution < -0.4 is 0 Å². The zero-order valence-electron chi connectivity index (χ0n) is 24.0. The van der Waals surface area contributed by atoms with Crippen LogP contribution in [0.25, 0.3) is 92.2 Å². The summed E-state index contributed by atoms with van der Waals surface area (Å²) in [7, 11) is 0. The second-order valence-electron chi connectivity index (χ2n) is 11.8. The quantitative estimate of drug-likeness (QED) is 0.178. The fourth-order valence-corrected chi connectivity index (χ4v) is 12.4. The van der Waals surface area contributed by atoms with E-state index in [4.69, 9.17) is 0 Å². The lowest BCUT2D eigenvalue weighted by molar-refractivity contribution is 1.49. The van der Waals surface area contributed by atoms with Gasteiger partial charge in [0.1, 0.15) is 0 Å². The minimum absolute atomic E-state index is 1.29. The molecule has 0 N–H and O–H groups in total. The smallest absolute Gasteiger partial charge is 0.0542 e. The van der Waals surface area contributed by atoms with Crippen LogP contribution in [0.15, 0.2) is 109 Å². The van der Waals surface area contributed by atoms with Crippen LogP contribution in [0.5, 0.6) is 0 Å². The average molecular weight is 633 g/mol. The normalized spacial score (nSPS) is 12.3. The van der Waals surface area contributed by atoms with Gasteiger partial charge in [0.15, 0.2) is 0 Å². The van der Waals surface area contributed by atoms with E-state index in [1.54, 1.807) is 0 Å². The van der Waals surface area contributed by atoms with E-state index in [9.17, 15) is 0 Å². The highest BCUT2D eigenvalue weighted by atomic mass is 32.1. The predicted octanol–water partition coefficient (Wildman–Crippen LogP) is 14.0. The average Bonchev–Trinajstić information content (AvgIpc) is 3.77. The highest BCUT2D eigenvalue weighted by Crippen LogP contribution is 2.49. The lowest BCUT2D eigenvalue weighted by atomic mass is 9.99. The molecule has 0 nitrogen and oxygen atoms in total. The second kappa shape index (κ2) is 9.23. The molecule has 0 aliphatic carbocycles. The number of aryl methyl sites for hydroxylation is 2. The number of hydrogen-bond donors (Lipinski definition) is 0. The van der Waals surface area contributed by atoms with E-state index >= 15 is 0 Å². The fraction of sp³-hybridized carbons (Fsp3) is 0.0500. The van der Waals surface area contributed by atoms with Gasteiger partial charge in [-0.25, -0.2) is 0 Å². The lowest BCUT2D eigenvalue weighted by Crippen LogP contribution is -1.82. The van der Waals surface area contributed by atoms with E-state index in [2.05, 4.69) is 123 Å². The van der Waals surface area contributed by atoms with Gasteiger partial charge in [0.25, 0.3) is 0 Å². The fourth-order valence-electron chi connectivity index (χ4n) is 6.91. The van der Waals surface area contributed by atoms with Crippen molar-refractivity contribution in [1.82, 2.24) is 0 Å². The Morgan fingerprint density at radius 1 is 0.364 bits per heavy atom. The molecule has 4 aromatic heterocycles. The minimum Gasteiger partial charge on any atom is -0.134 e. The Balaban J connectivity index is 1.18. The summed E-state index contributed by atoms with van der Waals surface area (Å²) in [6, 6.07) is 41.0. The molecule has 0 atom stereocenters. The van der Waals surface area contributed by atoms with E-state index in [0.29, 0.717) is 0 Å². The summed E-state index contributed by atoms with van der Waals surface area (Å²) in [6.45, 7) is 4.48. The molecule has 0 amide bonds. The first-order valence-corrected chi connectivity index (χ1v) is 18.1. The van der Waals surface area contributed by atoms with E-state index in [1.165, 1.54) is 103 Å². The summed E-state index contributed by atoms with van der Waals surface area (Å²) < 4.78 is 11.2. The molecule has 0 unspecified atom stereocenters. The second-order valence-corrected chi connectivity index (χ2v) is 16.0. The van der Waals surface area contributed by atoms with Crippen molar-refractivity contribution >= 4 is 115 Å². The van der Waals surface area contributed by atoms with Crippen LogP contribution in [0.1, 0.15) is 11.1 Å². The highest BCUT2D eigenvalue weighted by Gasteiger charge is 2.18. The maximum Gasteiger partial charge on any atom is 0.0542 e. The first-order chi connectivity index (χ1) is 21.6. The van der Waals surface area contributed by atoms with Crippen molar-refractivity contribution in [2.45, 2.75) is 13.8 Å². The zero-order chi connectivity index (χ0) is 29.1. The maximum atomic E-state index is 2.45. The molecule has 0 saturated carbocycles. The van der Waals surface area contributed by atoms with Crippen molar-refractivity contribution in [3.8, 4) is 22.3 Å². The topological polar surface area (TPSA) is 0 Å². The highest BCUT2D eigenvalue weighted by molar-refractivity contribution is 7.37. The van der Waals surface area contributed by atoms with Gasteiger partial charge in [0.2, 0.25) is 0 Å². The summed E-state index contributed by atoms with van der Waals surface area (Å²) in [6.07, 6.45) is 0. The van der Waals surface area contributed by atoms with Crippen molar-refractivity contribution in [2.75, 3.05) is 0 Å². The van der Waals surface area contributed by atoms with Gasteiger partial charge < -0.3 is 0 Å². The zero-order valence-corrected chi connectivity index (χ0v) is 27.3. The SMILES string of the molecule is Cc1cc2sc3c4cc5cc6sc7c8cc(-c9ccccc9)c(C)cc8sc7c6cc5cc4sc3c2cc1-c1ccccc1. The molecule has 0 saturated heterocycles. The number of hydrogen-bond acceptors (Lipinski definition) is 4. The molecular weight excluding hydrogens is 609 g/mol. The van der Waals surface area contributed by atoms with Gasteiger partial charge in [-0.1, -0.05) is 60.7 Å². The molecule has 0 aliphatic rings. The Labute approximate surface area is 270 Å². The number of rotatable bonds is 2. The van der Waals surface area contributed by atoms with Crippen LogP contribution in [0, 0.1) is 13.8 Å². The minimum atomic E-state index is 1.29. The van der Waals surface area contributed by atoms with Gasteiger partial charge >= 0.3 is 0 Å². The van der Waals surface area contributed by atoms with Crippen molar-refractivity contribution < 1.29 is 0 Å². The third kappa shape index (κ3) is 3.60. The molecule has 0 radical (unpaired) electrons. The first kappa shape index (κ1) is 25.3. The molecule has 44 heavy (non-hydrogen) atoms. The number of thiophene rings is 4. The van der Waals surface area contributed by atoms with Crippen molar-refractivity contribution in [3.05, 3.63) is 120 Å². The van der Waals surface area contributed by atoms with E-state index < -0.39 is 0 Å². The molecule has 6 aromatic carbocycles. The Bertz CT molecular complexity index is 2580. The summed E-state index contributed by atoms with van der Waals surface area (Å²) in [5.41, 5.74) is 7.92. The Hall–Kier alpha value is -4.06. The van der Waals surface area contributed by atoms with Gasteiger partial charge in [-0.2, -0.15) is 0 Å². The predicted molar refractivity (Wildman–Crippen MR) is 201 cm³/mol. The van der Waals surface area contributed by atoms with Gasteiger partial charge in [-0.05, 0) is 107 Å². The molecule has 10 rings (SSSR count). The molecule has 0 spiro atoms. The monoisotopic (exact) mass is 632 g/mol. The van der Waals surface area contributed by atoms with Gasteiger partial charge in [0, 0.05) is 40.3 Å². The molecule has 10 aromatic rings. The molecule has 208 valence electrons. The van der Waals surface area contributed by atoms with Crippen LogP contribution in [0.4, 0.5) is 0 Å². The molecule has 4 heteroatoms. The summed E-state index contributed by atoms with van der Waals surface area (Å²) in [4.78, 5) is 0. The Morgan fingerprint density at radius 2 is 0.705 bits per heavy atom. The van der Waals surface area contributed by atoms with Crippen molar-refractivity contribution in [2.24, 2.45) is 0 Å². The molecule has 0 aliphatic heterocycles. The van der Waals surface area contributed by atoms with Crippen molar-refractivity contribution in [1.29, 1.82) is 0 Å². The van der Waals surface area contributed by atoms with E-state index in [-0.39, 0.29) is 0 Å². The Morgan fingerprint density at radius 3 is 1.09 bits per heavy atom. The van der Waals surface area contributed by atoms with Gasteiger partial charge in [-0.3, -0.25) is 0 Å². The van der Waals surface area contributed by atoms with Gasteiger partial charge in [0.05, 0.1) is 18.8 Å². The van der Waals surface area contributed by atoms with Gasteiger partial charge in [-0.15, -0.1) is 45.3 Å². The molecular formula is C40H24S4. The van der Waals surface area contributed by atoms with Crippen molar-refractivity contribution in [3.63, 3.8) is 0 Å². The van der Waals surface area contributed by atoms with Crippen LogP contribution in [-0.4, -0.2) is 0 Å². The summed E-state index contributed by atoms with van der Waals surface area (Å²) >= 11 is 7.81. The largest absolute Gasteiger partial charge is 0.134 e. The third-order valence-corrected chi connectivity index (χ3v) is 14.1.